The van der Waals surface area contributed by atoms with Gasteiger partial charge in [-0.25, -0.2) is 4.39 Å². The number of amides is 1. The van der Waals surface area contributed by atoms with Gasteiger partial charge in [-0.3, -0.25) is 4.79 Å². The van der Waals surface area contributed by atoms with Crippen molar-refractivity contribution < 1.29 is 18.7 Å². The zero-order valence-corrected chi connectivity index (χ0v) is 17.1. The smallest absolute Gasteiger partial charge is 0.232 e. The van der Waals surface area contributed by atoms with Gasteiger partial charge in [-0.2, -0.15) is 0 Å². The van der Waals surface area contributed by atoms with Crippen molar-refractivity contribution in [3.63, 3.8) is 0 Å². The van der Waals surface area contributed by atoms with Crippen molar-refractivity contribution in [2.24, 2.45) is 0 Å². The van der Waals surface area contributed by atoms with Gasteiger partial charge in [0.25, 0.3) is 0 Å². The molecule has 1 heterocycles. The van der Waals surface area contributed by atoms with Crippen molar-refractivity contribution >= 4 is 11.6 Å². The summed E-state index contributed by atoms with van der Waals surface area (Å²) in [5, 5.41) is 0. The molecule has 1 aliphatic heterocycles. The van der Waals surface area contributed by atoms with Crippen LogP contribution in [0.1, 0.15) is 36.6 Å². The molecule has 0 unspecified atom stereocenters. The minimum Gasteiger partial charge on any atom is -0.490 e. The van der Waals surface area contributed by atoms with Gasteiger partial charge in [-0.1, -0.05) is 30.3 Å². The zero-order chi connectivity index (χ0) is 21.1. The molecule has 0 saturated heterocycles. The predicted molar refractivity (Wildman–Crippen MR) is 115 cm³/mol. The number of rotatable bonds is 6. The number of anilines is 1. The fourth-order valence-corrected chi connectivity index (χ4v) is 3.95. The van der Waals surface area contributed by atoms with Crippen molar-refractivity contribution in [3.8, 4) is 11.5 Å². The van der Waals surface area contributed by atoms with E-state index < -0.39 is 0 Å². The van der Waals surface area contributed by atoms with E-state index in [0.717, 1.165) is 16.7 Å². The lowest BCUT2D eigenvalue weighted by Crippen LogP contribution is -2.41. The first-order valence-corrected chi connectivity index (χ1v) is 10.2. The third-order valence-electron chi connectivity index (χ3n) is 5.19. The Balaban J connectivity index is 1.91. The van der Waals surface area contributed by atoms with Crippen molar-refractivity contribution in [3.05, 3.63) is 89.2 Å². The number of carbonyl (C=O) groups excluding carboxylic acids is 1. The topological polar surface area (TPSA) is 38.8 Å². The van der Waals surface area contributed by atoms with E-state index in [1.165, 1.54) is 12.1 Å². The molecule has 0 aromatic heterocycles. The molecule has 3 aromatic rings. The van der Waals surface area contributed by atoms with E-state index in [1.807, 2.05) is 56.3 Å². The standard InChI is InChI=1S/C25H24FNO3/c1-3-29-22-14-18-15-24(28)27(20-12-10-19(26)11-13-20)25(17-8-6-5-7-9-17)21(18)16-23(22)30-4-2/h5-14,16,25H,3-4,15H2,1-2H3/t25-/m1/s1. The molecule has 4 rings (SSSR count). The highest BCUT2D eigenvalue weighted by molar-refractivity contribution is 5.98. The highest BCUT2D eigenvalue weighted by Crippen LogP contribution is 2.43. The first kappa shape index (κ1) is 20.0. The van der Waals surface area contributed by atoms with Crippen LogP contribution in [0.3, 0.4) is 0 Å². The van der Waals surface area contributed by atoms with Crippen LogP contribution in [0.4, 0.5) is 10.1 Å². The van der Waals surface area contributed by atoms with Gasteiger partial charge >= 0.3 is 0 Å². The third-order valence-corrected chi connectivity index (χ3v) is 5.19. The molecule has 0 saturated carbocycles. The Morgan fingerprint density at radius 1 is 0.933 bits per heavy atom. The Hall–Kier alpha value is -3.34. The Morgan fingerprint density at radius 2 is 1.57 bits per heavy atom. The molecule has 0 radical (unpaired) electrons. The second-order valence-corrected chi connectivity index (χ2v) is 7.09. The molecule has 154 valence electrons. The summed E-state index contributed by atoms with van der Waals surface area (Å²) in [6, 6.07) is 19.4. The molecule has 1 atom stereocenters. The number of halogens is 1. The van der Waals surface area contributed by atoms with Crippen molar-refractivity contribution in [2.75, 3.05) is 18.1 Å². The van der Waals surface area contributed by atoms with Crippen molar-refractivity contribution in [1.82, 2.24) is 0 Å². The molecule has 3 aromatic carbocycles. The highest BCUT2D eigenvalue weighted by atomic mass is 19.1. The number of fused-ring (bicyclic) bond motifs is 1. The molecule has 0 N–H and O–H groups in total. The molecule has 5 heteroatoms. The second kappa shape index (κ2) is 8.57. The average molecular weight is 405 g/mol. The maximum Gasteiger partial charge on any atom is 0.232 e. The van der Waals surface area contributed by atoms with Crippen LogP contribution >= 0.6 is 0 Å². The van der Waals surface area contributed by atoms with Crippen LogP contribution in [0.2, 0.25) is 0 Å². The maximum atomic E-state index is 13.5. The van der Waals surface area contributed by atoms with Gasteiger partial charge in [0.05, 0.1) is 25.7 Å². The second-order valence-electron chi connectivity index (χ2n) is 7.09. The maximum absolute atomic E-state index is 13.5. The van der Waals surface area contributed by atoms with Gasteiger partial charge in [0.15, 0.2) is 11.5 Å². The monoisotopic (exact) mass is 405 g/mol. The first-order chi connectivity index (χ1) is 14.6. The van der Waals surface area contributed by atoms with Gasteiger partial charge < -0.3 is 14.4 Å². The summed E-state index contributed by atoms with van der Waals surface area (Å²) in [6.07, 6.45) is 0.239. The fraction of sp³-hybridized carbons (Fsp3) is 0.240. The van der Waals surface area contributed by atoms with E-state index in [0.29, 0.717) is 30.4 Å². The number of carbonyl (C=O) groups is 1. The van der Waals surface area contributed by atoms with Crippen LogP contribution in [0.5, 0.6) is 11.5 Å². The molecule has 1 aliphatic rings. The summed E-state index contributed by atoms with van der Waals surface area (Å²) in [5.74, 6) is 0.926. The summed E-state index contributed by atoms with van der Waals surface area (Å²) in [7, 11) is 0. The molecule has 0 fully saturated rings. The van der Waals surface area contributed by atoms with E-state index >= 15 is 0 Å². The summed E-state index contributed by atoms with van der Waals surface area (Å²) in [6.45, 7) is 4.87. The lowest BCUT2D eigenvalue weighted by atomic mass is 9.87. The fourth-order valence-electron chi connectivity index (χ4n) is 3.95. The zero-order valence-electron chi connectivity index (χ0n) is 17.1. The van der Waals surface area contributed by atoms with E-state index in [1.54, 1.807) is 17.0 Å². The SMILES string of the molecule is CCOc1cc2c(cc1OCC)[C@@H](c1ccccc1)N(c1ccc(F)cc1)C(=O)C2. The van der Waals surface area contributed by atoms with Crippen LogP contribution in [-0.4, -0.2) is 19.1 Å². The first-order valence-electron chi connectivity index (χ1n) is 10.2. The Bertz CT molecular complexity index is 1030. The number of hydrogen-bond donors (Lipinski definition) is 0. The minimum atomic E-state index is -0.345. The number of ether oxygens (including phenoxy) is 2. The van der Waals surface area contributed by atoms with Gasteiger partial charge in [-0.15, -0.1) is 0 Å². The van der Waals surface area contributed by atoms with Gasteiger partial charge in [0.1, 0.15) is 5.82 Å². The molecular formula is C25H24FNO3. The Labute approximate surface area is 175 Å². The van der Waals surface area contributed by atoms with E-state index in [4.69, 9.17) is 9.47 Å². The number of hydrogen-bond acceptors (Lipinski definition) is 3. The number of nitrogens with zero attached hydrogens (tertiary/aromatic N) is 1. The molecule has 0 spiro atoms. The largest absolute Gasteiger partial charge is 0.490 e. The summed E-state index contributed by atoms with van der Waals surface area (Å²) >= 11 is 0. The summed E-state index contributed by atoms with van der Waals surface area (Å²) in [5.41, 5.74) is 3.53. The Kier molecular flexibility index (Phi) is 5.70. The quantitative estimate of drug-likeness (QED) is 0.558. The van der Waals surface area contributed by atoms with Gasteiger partial charge in [0, 0.05) is 5.69 Å². The van der Waals surface area contributed by atoms with Crippen LogP contribution in [0, 0.1) is 5.82 Å². The average Bonchev–Trinajstić information content (AvgIpc) is 2.75. The van der Waals surface area contributed by atoms with Crippen LogP contribution in [0.25, 0.3) is 0 Å². The summed E-state index contributed by atoms with van der Waals surface area (Å²) in [4.78, 5) is 15.0. The normalized spacial score (nSPS) is 15.6. The molecule has 4 nitrogen and oxygen atoms in total. The lowest BCUT2D eigenvalue weighted by molar-refractivity contribution is -0.118. The minimum absolute atomic E-state index is 0.0467. The third kappa shape index (κ3) is 3.75. The van der Waals surface area contributed by atoms with Crippen LogP contribution < -0.4 is 14.4 Å². The molecule has 30 heavy (non-hydrogen) atoms. The summed E-state index contributed by atoms with van der Waals surface area (Å²) < 4.78 is 25.1. The van der Waals surface area contributed by atoms with E-state index in [9.17, 15) is 9.18 Å². The number of benzene rings is 3. The molecule has 0 aliphatic carbocycles. The van der Waals surface area contributed by atoms with Crippen molar-refractivity contribution in [1.29, 1.82) is 0 Å². The van der Waals surface area contributed by atoms with E-state index in [-0.39, 0.29) is 24.2 Å². The molecule has 0 bridgehead atoms. The molecular weight excluding hydrogens is 381 g/mol. The van der Waals surface area contributed by atoms with Crippen molar-refractivity contribution in [2.45, 2.75) is 26.3 Å². The van der Waals surface area contributed by atoms with Crippen LogP contribution in [-0.2, 0) is 11.2 Å². The van der Waals surface area contributed by atoms with Gasteiger partial charge in [0.2, 0.25) is 5.91 Å². The molecule has 1 amide bonds. The highest BCUT2D eigenvalue weighted by Gasteiger charge is 2.35. The Morgan fingerprint density at radius 3 is 2.20 bits per heavy atom. The van der Waals surface area contributed by atoms with Crippen LogP contribution in [0.15, 0.2) is 66.7 Å². The predicted octanol–water partition coefficient (Wildman–Crippen LogP) is 5.30. The lowest BCUT2D eigenvalue weighted by Gasteiger charge is -2.38. The van der Waals surface area contributed by atoms with Gasteiger partial charge in [-0.05, 0) is 66.9 Å². The van der Waals surface area contributed by atoms with E-state index in [2.05, 4.69) is 0 Å².